The second kappa shape index (κ2) is 5.51. The fourth-order valence-electron chi connectivity index (χ4n) is 2.17. The van der Waals surface area contributed by atoms with Crippen molar-refractivity contribution < 1.29 is 14.3 Å². The normalized spacial score (nSPS) is 12.2. The van der Waals surface area contributed by atoms with Gasteiger partial charge in [-0.2, -0.15) is 0 Å². The minimum absolute atomic E-state index is 0.179. The lowest BCUT2D eigenvalue weighted by molar-refractivity contribution is 0.102. The van der Waals surface area contributed by atoms with Crippen molar-refractivity contribution in [2.75, 3.05) is 5.32 Å². The maximum absolute atomic E-state index is 12.3. The molecule has 0 aliphatic heterocycles. The minimum Gasteiger partial charge on any atom is -0.466 e. The summed E-state index contributed by atoms with van der Waals surface area (Å²) in [7, 11) is 0. The van der Waals surface area contributed by atoms with Crippen LogP contribution < -0.4 is 5.32 Å². The number of anilines is 1. The van der Waals surface area contributed by atoms with Crippen LogP contribution in [0.3, 0.4) is 0 Å². The number of aryl methyl sites for hydroxylation is 2. The van der Waals surface area contributed by atoms with Crippen molar-refractivity contribution in [2.24, 2.45) is 0 Å². The fourth-order valence-corrected chi connectivity index (χ4v) is 2.17. The molecule has 4 heteroatoms. The third-order valence-corrected chi connectivity index (χ3v) is 3.44. The molecule has 0 aliphatic carbocycles. The average molecular weight is 273 g/mol. The third kappa shape index (κ3) is 2.75. The number of aliphatic hydroxyl groups excluding tert-OH is 1. The van der Waals surface area contributed by atoms with Crippen LogP contribution in [0.5, 0.6) is 0 Å². The zero-order chi connectivity index (χ0) is 14.9. The monoisotopic (exact) mass is 273 g/mol. The molecule has 1 atom stereocenters. The summed E-state index contributed by atoms with van der Waals surface area (Å²) in [5, 5.41) is 12.3. The van der Waals surface area contributed by atoms with Crippen LogP contribution in [0.25, 0.3) is 0 Å². The number of aliphatic hydroxyl groups is 1. The summed E-state index contributed by atoms with van der Waals surface area (Å²) in [6, 6.07) is 7.14. The van der Waals surface area contributed by atoms with Gasteiger partial charge in [-0.15, -0.1) is 0 Å². The van der Waals surface area contributed by atoms with Gasteiger partial charge in [-0.25, -0.2) is 0 Å². The highest BCUT2D eigenvalue weighted by molar-refractivity contribution is 6.06. The van der Waals surface area contributed by atoms with Crippen LogP contribution in [0.15, 0.2) is 28.7 Å². The fraction of sp³-hybridized carbons (Fsp3) is 0.312. The van der Waals surface area contributed by atoms with E-state index in [-0.39, 0.29) is 5.91 Å². The Labute approximate surface area is 118 Å². The summed E-state index contributed by atoms with van der Waals surface area (Å²) in [6.07, 6.45) is -0.513. The van der Waals surface area contributed by atoms with Crippen molar-refractivity contribution in [1.29, 1.82) is 0 Å². The number of carbonyl (C=O) groups excluding carboxylic acids is 1. The van der Waals surface area contributed by atoms with E-state index >= 15 is 0 Å². The molecule has 1 amide bonds. The Hall–Kier alpha value is -2.07. The molecule has 20 heavy (non-hydrogen) atoms. The Morgan fingerprint density at radius 3 is 2.20 bits per heavy atom. The highest BCUT2D eigenvalue weighted by Gasteiger charge is 2.18. The van der Waals surface area contributed by atoms with Gasteiger partial charge in [0.05, 0.1) is 11.7 Å². The maximum atomic E-state index is 12.3. The van der Waals surface area contributed by atoms with E-state index in [1.165, 1.54) is 0 Å². The molecule has 106 valence electrons. The number of hydrogen-bond acceptors (Lipinski definition) is 3. The van der Waals surface area contributed by atoms with Gasteiger partial charge in [-0.1, -0.05) is 12.1 Å². The predicted octanol–water partition coefficient (Wildman–Crippen LogP) is 3.51. The summed E-state index contributed by atoms with van der Waals surface area (Å²) in [4.78, 5) is 12.3. The Balaban J connectivity index is 2.19. The molecule has 0 bridgehead atoms. The van der Waals surface area contributed by atoms with Crippen molar-refractivity contribution in [3.63, 3.8) is 0 Å². The third-order valence-electron chi connectivity index (χ3n) is 3.44. The van der Waals surface area contributed by atoms with Gasteiger partial charge >= 0.3 is 0 Å². The molecular weight excluding hydrogens is 254 g/mol. The molecule has 1 heterocycles. The van der Waals surface area contributed by atoms with E-state index in [1.807, 2.05) is 13.8 Å². The van der Waals surface area contributed by atoms with Gasteiger partial charge in [0.2, 0.25) is 0 Å². The van der Waals surface area contributed by atoms with Gasteiger partial charge in [-0.05, 0) is 45.4 Å². The number of benzene rings is 1. The van der Waals surface area contributed by atoms with Gasteiger partial charge in [0, 0.05) is 11.3 Å². The van der Waals surface area contributed by atoms with Crippen molar-refractivity contribution in [3.05, 3.63) is 52.5 Å². The second-order valence-electron chi connectivity index (χ2n) is 4.97. The molecule has 0 spiro atoms. The van der Waals surface area contributed by atoms with Gasteiger partial charge < -0.3 is 14.8 Å². The number of nitrogens with one attached hydrogen (secondary N) is 1. The number of rotatable bonds is 3. The van der Waals surface area contributed by atoms with Gasteiger partial charge in [0.1, 0.15) is 11.5 Å². The Kier molecular flexibility index (Phi) is 3.95. The zero-order valence-electron chi connectivity index (χ0n) is 12.2. The first-order chi connectivity index (χ1) is 9.40. The first kappa shape index (κ1) is 14.3. The molecule has 0 saturated carbocycles. The lowest BCUT2D eigenvalue weighted by Gasteiger charge is -2.08. The van der Waals surface area contributed by atoms with Crippen LogP contribution in [-0.2, 0) is 0 Å². The molecule has 0 radical (unpaired) electrons. The zero-order valence-corrected chi connectivity index (χ0v) is 12.2. The number of amides is 1. The molecule has 4 nitrogen and oxygen atoms in total. The van der Waals surface area contributed by atoms with Crippen LogP contribution in [0.4, 0.5) is 5.69 Å². The van der Waals surface area contributed by atoms with Crippen LogP contribution >= 0.6 is 0 Å². The van der Waals surface area contributed by atoms with E-state index in [4.69, 9.17) is 4.42 Å². The highest BCUT2D eigenvalue weighted by atomic mass is 16.3. The molecule has 0 fully saturated rings. The van der Waals surface area contributed by atoms with Crippen LogP contribution in [0, 0.1) is 20.8 Å². The molecular formula is C16H19NO3. The Morgan fingerprint density at radius 1 is 1.15 bits per heavy atom. The maximum Gasteiger partial charge on any atom is 0.259 e. The highest BCUT2D eigenvalue weighted by Crippen LogP contribution is 2.22. The van der Waals surface area contributed by atoms with E-state index in [1.54, 1.807) is 38.1 Å². The van der Waals surface area contributed by atoms with Crippen molar-refractivity contribution in [3.8, 4) is 0 Å². The summed E-state index contributed by atoms with van der Waals surface area (Å²) >= 11 is 0. The van der Waals surface area contributed by atoms with E-state index in [0.29, 0.717) is 17.0 Å². The molecule has 1 aromatic heterocycles. The first-order valence-electron chi connectivity index (χ1n) is 6.56. The lowest BCUT2D eigenvalue weighted by atomic mass is 10.1. The first-order valence-corrected chi connectivity index (χ1v) is 6.56. The predicted molar refractivity (Wildman–Crippen MR) is 77.9 cm³/mol. The molecule has 2 aromatic rings. The Morgan fingerprint density at radius 2 is 1.75 bits per heavy atom. The van der Waals surface area contributed by atoms with Gasteiger partial charge in [-0.3, -0.25) is 4.79 Å². The largest absolute Gasteiger partial charge is 0.466 e. The molecule has 0 aliphatic rings. The van der Waals surface area contributed by atoms with Crippen molar-refractivity contribution >= 4 is 11.6 Å². The second-order valence-corrected chi connectivity index (χ2v) is 4.97. The Bertz CT molecular complexity index is 624. The van der Waals surface area contributed by atoms with Crippen molar-refractivity contribution in [2.45, 2.75) is 33.8 Å². The van der Waals surface area contributed by atoms with E-state index in [9.17, 15) is 9.90 Å². The molecule has 1 aromatic carbocycles. The molecule has 0 saturated heterocycles. The average Bonchev–Trinajstić information content (AvgIpc) is 2.63. The number of carbonyl (C=O) groups is 1. The number of hydrogen-bond donors (Lipinski definition) is 2. The van der Waals surface area contributed by atoms with E-state index in [2.05, 4.69) is 5.32 Å². The van der Waals surface area contributed by atoms with Crippen LogP contribution in [0.1, 0.15) is 46.0 Å². The standard InChI is InChI=1S/C16H19NO3/c1-9-11(3)20-12(4)15(9)16(19)17-14-7-5-13(6-8-14)10(2)18/h5-8,10,18H,1-4H3,(H,17,19). The molecule has 2 N–H and O–H groups in total. The quantitative estimate of drug-likeness (QED) is 0.899. The van der Waals surface area contributed by atoms with Crippen LogP contribution in [0.2, 0.25) is 0 Å². The summed E-state index contributed by atoms with van der Waals surface area (Å²) in [6.45, 7) is 7.20. The van der Waals surface area contributed by atoms with Gasteiger partial charge in [0.25, 0.3) is 5.91 Å². The van der Waals surface area contributed by atoms with Crippen molar-refractivity contribution in [1.82, 2.24) is 0 Å². The molecule has 1 unspecified atom stereocenters. The van der Waals surface area contributed by atoms with Gasteiger partial charge in [0.15, 0.2) is 0 Å². The van der Waals surface area contributed by atoms with E-state index < -0.39 is 6.10 Å². The van der Waals surface area contributed by atoms with Crippen LogP contribution in [-0.4, -0.2) is 11.0 Å². The summed E-state index contributed by atoms with van der Waals surface area (Å²) < 4.78 is 5.46. The SMILES string of the molecule is Cc1oc(C)c(C(=O)Nc2ccc(C(C)O)cc2)c1C. The number of furan rings is 1. The summed E-state index contributed by atoms with van der Waals surface area (Å²) in [5.41, 5.74) is 2.95. The topological polar surface area (TPSA) is 62.5 Å². The lowest BCUT2D eigenvalue weighted by Crippen LogP contribution is -2.13. The minimum atomic E-state index is -0.513. The smallest absolute Gasteiger partial charge is 0.259 e. The van der Waals surface area contributed by atoms with E-state index in [0.717, 1.165) is 16.9 Å². The molecule has 2 rings (SSSR count). The summed E-state index contributed by atoms with van der Waals surface area (Å²) in [5.74, 6) is 1.21.